The average Bonchev–Trinajstić information content (AvgIpc) is 2.91. The van der Waals surface area contributed by atoms with Crippen molar-refractivity contribution >= 4 is 12.4 Å². The highest BCUT2D eigenvalue weighted by atomic mass is 35.5. The molecule has 0 fully saturated rings. The SMILES string of the molecule is CCC1OC(CCCN(C)C)(c2ccccc2)c2ccccc21.Cl. The van der Waals surface area contributed by atoms with Gasteiger partial charge in [-0.1, -0.05) is 61.5 Å². The summed E-state index contributed by atoms with van der Waals surface area (Å²) < 4.78 is 6.72. The predicted molar refractivity (Wildman–Crippen MR) is 103 cm³/mol. The van der Waals surface area contributed by atoms with Crippen molar-refractivity contribution in [3.05, 3.63) is 71.3 Å². The summed E-state index contributed by atoms with van der Waals surface area (Å²) in [6, 6.07) is 19.5. The Hall–Kier alpha value is -1.35. The maximum Gasteiger partial charge on any atom is 0.119 e. The van der Waals surface area contributed by atoms with Gasteiger partial charge in [-0.25, -0.2) is 0 Å². The van der Waals surface area contributed by atoms with Crippen molar-refractivity contribution in [2.45, 2.75) is 37.9 Å². The van der Waals surface area contributed by atoms with Gasteiger partial charge in [0.15, 0.2) is 0 Å². The summed E-state index contributed by atoms with van der Waals surface area (Å²) in [6.45, 7) is 3.29. The van der Waals surface area contributed by atoms with Crippen LogP contribution >= 0.6 is 12.4 Å². The molecule has 0 spiro atoms. The largest absolute Gasteiger partial charge is 0.358 e. The van der Waals surface area contributed by atoms with E-state index in [4.69, 9.17) is 4.74 Å². The number of benzene rings is 2. The highest BCUT2D eigenvalue weighted by Crippen LogP contribution is 2.51. The first-order chi connectivity index (χ1) is 11.2. The molecule has 3 rings (SSSR count). The lowest BCUT2D eigenvalue weighted by Gasteiger charge is -2.32. The second-order valence-electron chi connectivity index (χ2n) is 6.70. The van der Waals surface area contributed by atoms with Gasteiger partial charge in [0.1, 0.15) is 5.60 Å². The van der Waals surface area contributed by atoms with Gasteiger partial charge in [-0.3, -0.25) is 0 Å². The third-order valence-electron chi connectivity index (χ3n) is 4.83. The minimum absolute atomic E-state index is 0. The Bertz CT molecular complexity index is 643. The Morgan fingerprint density at radius 3 is 2.33 bits per heavy atom. The Balaban J connectivity index is 0.00000208. The standard InChI is InChI=1S/C21H27NO.ClH/c1-4-20-18-13-8-9-14-19(18)21(23-20,15-10-16-22(2)3)17-11-6-5-7-12-17;/h5-9,11-14,20H,4,10,15-16H2,1-3H3;1H. The van der Waals surface area contributed by atoms with Crippen LogP contribution in [0.25, 0.3) is 0 Å². The van der Waals surface area contributed by atoms with Crippen molar-refractivity contribution in [1.82, 2.24) is 4.90 Å². The van der Waals surface area contributed by atoms with Crippen LogP contribution in [-0.4, -0.2) is 25.5 Å². The summed E-state index contributed by atoms with van der Waals surface area (Å²) in [5.41, 5.74) is 3.71. The van der Waals surface area contributed by atoms with E-state index in [9.17, 15) is 0 Å². The van der Waals surface area contributed by atoms with Crippen LogP contribution < -0.4 is 0 Å². The van der Waals surface area contributed by atoms with E-state index < -0.39 is 0 Å². The van der Waals surface area contributed by atoms with Crippen LogP contribution in [0.5, 0.6) is 0 Å². The zero-order chi connectivity index (χ0) is 16.3. The van der Waals surface area contributed by atoms with Crippen LogP contribution in [-0.2, 0) is 10.3 Å². The number of halogens is 1. The molecule has 3 heteroatoms. The van der Waals surface area contributed by atoms with Crippen LogP contribution in [0.15, 0.2) is 54.6 Å². The van der Waals surface area contributed by atoms with E-state index in [1.807, 2.05) is 0 Å². The third-order valence-corrected chi connectivity index (χ3v) is 4.83. The van der Waals surface area contributed by atoms with Gasteiger partial charge in [-0.05, 0) is 56.6 Å². The molecule has 0 aliphatic carbocycles. The number of nitrogens with zero attached hydrogens (tertiary/aromatic N) is 1. The van der Waals surface area contributed by atoms with Gasteiger partial charge < -0.3 is 9.64 Å². The Kier molecular flexibility index (Phi) is 6.45. The molecule has 0 N–H and O–H groups in total. The van der Waals surface area contributed by atoms with Crippen molar-refractivity contribution in [2.75, 3.05) is 20.6 Å². The fraction of sp³-hybridized carbons (Fsp3) is 0.429. The first kappa shape index (κ1) is 19.0. The van der Waals surface area contributed by atoms with Gasteiger partial charge in [0.25, 0.3) is 0 Å². The maximum absolute atomic E-state index is 6.72. The van der Waals surface area contributed by atoms with E-state index in [1.54, 1.807) is 0 Å². The number of fused-ring (bicyclic) bond motifs is 1. The molecule has 2 unspecified atom stereocenters. The third kappa shape index (κ3) is 3.51. The number of rotatable bonds is 6. The maximum atomic E-state index is 6.72. The van der Waals surface area contributed by atoms with Crippen molar-refractivity contribution in [3.63, 3.8) is 0 Å². The van der Waals surface area contributed by atoms with Crippen LogP contribution in [0, 0.1) is 0 Å². The zero-order valence-corrected chi connectivity index (χ0v) is 15.7. The molecule has 1 heterocycles. The highest BCUT2D eigenvalue weighted by molar-refractivity contribution is 5.85. The van der Waals surface area contributed by atoms with Gasteiger partial charge >= 0.3 is 0 Å². The Morgan fingerprint density at radius 1 is 1.00 bits per heavy atom. The smallest absolute Gasteiger partial charge is 0.119 e. The van der Waals surface area contributed by atoms with Crippen molar-refractivity contribution in [2.24, 2.45) is 0 Å². The monoisotopic (exact) mass is 345 g/mol. The fourth-order valence-corrected chi connectivity index (χ4v) is 3.73. The van der Waals surface area contributed by atoms with Crippen molar-refractivity contribution in [1.29, 1.82) is 0 Å². The van der Waals surface area contributed by atoms with Crippen LogP contribution in [0.4, 0.5) is 0 Å². The molecule has 0 bridgehead atoms. The lowest BCUT2D eigenvalue weighted by molar-refractivity contribution is -0.0572. The number of hydrogen-bond acceptors (Lipinski definition) is 2. The topological polar surface area (TPSA) is 12.5 Å². The van der Waals surface area contributed by atoms with Gasteiger partial charge in [0.2, 0.25) is 0 Å². The minimum Gasteiger partial charge on any atom is -0.358 e. The molecule has 0 radical (unpaired) electrons. The van der Waals surface area contributed by atoms with E-state index in [1.165, 1.54) is 16.7 Å². The summed E-state index contributed by atoms with van der Waals surface area (Å²) in [5, 5.41) is 0. The molecule has 0 saturated carbocycles. The summed E-state index contributed by atoms with van der Waals surface area (Å²) in [5.74, 6) is 0. The van der Waals surface area contributed by atoms with Gasteiger partial charge in [-0.15, -0.1) is 12.4 Å². The van der Waals surface area contributed by atoms with Crippen molar-refractivity contribution in [3.8, 4) is 0 Å². The second kappa shape index (κ2) is 8.15. The van der Waals surface area contributed by atoms with E-state index in [0.29, 0.717) is 0 Å². The number of ether oxygens (including phenoxy) is 1. The molecule has 24 heavy (non-hydrogen) atoms. The van der Waals surface area contributed by atoms with E-state index in [-0.39, 0.29) is 24.1 Å². The van der Waals surface area contributed by atoms with Gasteiger partial charge in [-0.2, -0.15) is 0 Å². The summed E-state index contributed by atoms with van der Waals surface area (Å²) in [7, 11) is 4.26. The van der Waals surface area contributed by atoms with E-state index in [2.05, 4.69) is 80.5 Å². The normalized spacial score (nSPS) is 22.2. The van der Waals surface area contributed by atoms with Crippen LogP contribution in [0.2, 0.25) is 0 Å². The molecule has 1 aliphatic heterocycles. The molecule has 2 atom stereocenters. The molecule has 0 aromatic heterocycles. The highest BCUT2D eigenvalue weighted by Gasteiger charge is 2.44. The van der Waals surface area contributed by atoms with Gasteiger partial charge in [0, 0.05) is 0 Å². The molecule has 0 saturated heterocycles. The van der Waals surface area contributed by atoms with E-state index >= 15 is 0 Å². The Morgan fingerprint density at radius 2 is 1.67 bits per heavy atom. The zero-order valence-electron chi connectivity index (χ0n) is 14.9. The molecule has 0 amide bonds. The summed E-state index contributed by atoms with van der Waals surface area (Å²) in [6.07, 6.45) is 3.35. The lowest BCUT2D eigenvalue weighted by Crippen LogP contribution is -2.29. The van der Waals surface area contributed by atoms with Crippen molar-refractivity contribution < 1.29 is 4.74 Å². The average molecular weight is 346 g/mol. The molecule has 130 valence electrons. The first-order valence-corrected chi connectivity index (χ1v) is 8.65. The van der Waals surface area contributed by atoms with Crippen LogP contribution in [0.1, 0.15) is 49.0 Å². The Labute approximate surface area is 152 Å². The van der Waals surface area contributed by atoms with E-state index in [0.717, 1.165) is 25.8 Å². The predicted octanol–water partition coefficient (Wildman–Crippen LogP) is 5.18. The molecular weight excluding hydrogens is 318 g/mol. The van der Waals surface area contributed by atoms with Gasteiger partial charge in [0.05, 0.1) is 6.10 Å². The quantitative estimate of drug-likeness (QED) is 0.715. The minimum atomic E-state index is -0.297. The van der Waals surface area contributed by atoms with Crippen LogP contribution in [0.3, 0.4) is 0 Å². The number of hydrogen-bond donors (Lipinski definition) is 0. The first-order valence-electron chi connectivity index (χ1n) is 8.65. The summed E-state index contributed by atoms with van der Waals surface area (Å²) >= 11 is 0. The fourth-order valence-electron chi connectivity index (χ4n) is 3.73. The molecule has 2 nitrogen and oxygen atoms in total. The lowest BCUT2D eigenvalue weighted by atomic mass is 9.81. The molecule has 1 aliphatic rings. The second-order valence-corrected chi connectivity index (χ2v) is 6.70. The molecular formula is C21H28ClNO. The molecule has 2 aromatic carbocycles. The summed E-state index contributed by atoms with van der Waals surface area (Å²) in [4.78, 5) is 2.25. The molecule has 2 aromatic rings.